The summed E-state index contributed by atoms with van der Waals surface area (Å²) in [5.74, 6) is -1.34. The SMILES string of the molecule is CCCNC(=O)CN(CCC)S(=O)(=O)c1ncccc1F. The maximum Gasteiger partial charge on any atom is 0.264 e. The zero-order valence-electron chi connectivity index (χ0n) is 12.2. The molecule has 1 aromatic heterocycles. The van der Waals surface area contributed by atoms with E-state index >= 15 is 0 Å². The molecule has 0 bridgehead atoms. The summed E-state index contributed by atoms with van der Waals surface area (Å²) in [6, 6.07) is 2.34. The fourth-order valence-corrected chi connectivity index (χ4v) is 3.16. The van der Waals surface area contributed by atoms with Gasteiger partial charge in [0.25, 0.3) is 10.0 Å². The molecule has 21 heavy (non-hydrogen) atoms. The van der Waals surface area contributed by atoms with E-state index in [9.17, 15) is 17.6 Å². The highest BCUT2D eigenvalue weighted by molar-refractivity contribution is 7.89. The first-order valence-electron chi connectivity index (χ1n) is 6.80. The lowest BCUT2D eigenvalue weighted by atomic mass is 10.4. The van der Waals surface area contributed by atoms with Crippen molar-refractivity contribution in [3.05, 3.63) is 24.1 Å². The van der Waals surface area contributed by atoms with Crippen LogP contribution in [0.2, 0.25) is 0 Å². The van der Waals surface area contributed by atoms with Crippen molar-refractivity contribution in [2.75, 3.05) is 19.6 Å². The van der Waals surface area contributed by atoms with Crippen LogP contribution in [0.4, 0.5) is 4.39 Å². The van der Waals surface area contributed by atoms with Crippen molar-refractivity contribution in [3.63, 3.8) is 0 Å². The molecular formula is C13H20FN3O3S. The summed E-state index contributed by atoms with van der Waals surface area (Å²) in [6.45, 7) is 3.92. The fraction of sp³-hybridized carbons (Fsp3) is 0.538. The molecule has 0 spiro atoms. The summed E-state index contributed by atoms with van der Waals surface area (Å²) in [5, 5.41) is 1.95. The number of nitrogens with one attached hydrogen (secondary N) is 1. The van der Waals surface area contributed by atoms with Gasteiger partial charge in [0.05, 0.1) is 6.54 Å². The first-order chi connectivity index (χ1) is 9.93. The molecule has 0 unspecified atom stereocenters. The molecule has 0 fully saturated rings. The van der Waals surface area contributed by atoms with Crippen LogP contribution in [-0.2, 0) is 14.8 Å². The smallest absolute Gasteiger partial charge is 0.264 e. The lowest BCUT2D eigenvalue weighted by Crippen LogP contribution is -2.41. The van der Waals surface area contributed by atoms with E-state index in [0.717, 1.165) is 16.8 Å². The molecule has 8 heteroatoms. The number of carbonyl (C=O) groups is 1. The van der Waals surface area contributed by atoms with Crippen LogP contribution >= 0.6 is 0 Å². The Morgan fingerprint density at radius 2 is 2.10 bits per heavy atom. The van der Waals surface area contributed by atoms with Crippen molar-refractivity contribution in [1.29, 1.82) is 0 Å². The van der Waals surface area contributed by atoms with Crippen molar-refractivity contribution >= 4 is 15.9 Å². The summed E-state index contributed by atoms with van der Waals surface area (Å²) < 4.78 is 39.4. The van der Waals surface area contributed by atoms with Crippen molar-refractivity contribution < 1.29 is 17.6 Å². The lowest BCUT2D eigenvalue weighted by Gasteiger charge is -2.20. The predicted octanol–water partition coefficient (Wildman–Crippen LogP) is 1.15. The van der Waals surface area contributed by atoms with Gasteiger partial charge in [-0.1, -0.05) is 13.8 Å². The molecule has 0 aromatic carbocycles. The molecule has 1 amide bonds. The maximum absolute atomic E-state index is 13.7. The number of carbonyl (C=O) groups excluding carboxylic acids is 1. The van der Waals surface area contributed by atoms with Gasteiger partial charge in [-0.2, -0.15) is 4.31 Å². The minimum atomic E-state index is -4.13. The van der Waals surface area contributed by atoms with Gasteiger partial charge in [-0.25, -0.2) is 17.8 Å². The van der Waals surface area contributed by atoms with Crippen LogP contribution < -0.4 is 5.32 Å². The van der Waals surface area contributed by atoms with Crippen LogP contribution in [0, 0.1) is 5.82 Å². The van der Waals surface area contributed by atoms with Gasteiger partial charge in [-0.3, -0.25) is 4.79 Å². The molecular weight excluding hydrogens is 297 g/mol. The Kier molecular flexibility index (Phi) is 6.70. The molecule has 1 aromatic rings. The van der Waals surface area contributed by atoms with Crippen LogP contribution in [0.5, 0.6) is 0 Å². The second-order valence-electron chi connectivity index (χ2n) is 4.48. The van der Waals surface area contributed by atoms with E-state index in [0.29, 0.717) is 13.0 Å². The van der Waals surface area contributed by atoms with Gasteiger partial charge < -0.3 is 5.32 Å². The Labute approximate surface area is 124 Å². The number of amides is 1. The topological polar surface area (TPSA) is 79.4 Å². The zero-order chi connectivity index (χ0) is 15.9. The Hall–Kier alpha value is -1.54. The number of hydrogen-bond donors (Lipinski definition) is 1. The Bertz CT molecular complexity index is 578. The summed E-state index contributed by atoms with van der Waals surface area (Å²) in [7, 11) is -4.13. The molecule has 0 radical (unpaired) electrons. The van der Waals surface area contributed by atoms with E-state index in [1.54, 1.807) is 6.92 Å². The number of hydrogen-bond acceptors (Lipinski definition) is 4. The number of pyridine rings is 1. The molecule has 0 aliphatic rings. The second kappa shape index (κ2) is 8.04. The summed E-state index contributed by atoms with van der Waals surface area (Å²) in [5.41, 5.74) is 0. The average molecular weight is 317 g/mol. The highest BCUT2D eigenvalue weighted by Crippen LogP contribution is 2.16. The van der Waals surface area contributed by atoms with E-state index in [2.05, 4.69) is 10.3 Å². The molecule has 1 heterocycles. The zero-order valence-corrected chi connectivity index (χ0v) is 13.0. The van der Waals surface area contributed by atoms with Crippen LogP contribution in [0.1, 0.15) is 26.7 Å². The largest absolute Gasteiger partial charge is 0.355 e. The highest BCUT2D eigenvalue weighted by atomic mass is 32.2. The molecule has 1 N–H and O–H groups in total. The summed E-state index contributed by atoms with van der Waals surface area (Å²) >= 11 is 0. The molecule has 0 atom stereocenters. The molecule has 118 valence electrons. The van der Waals surface area contributed by atoms with Crippen LogP contribution in [0.3, 0.4) is 0 Å². The van der Waals surface area contributed by atoms with Crippen molar-refractivity contribution in [1.82, 2.24) is 14.6 Å². The third-order valence-electron chi connectivity index (χ3n) is 2.67. The van der Waals surface area contributed by atoms with E-state index in [1.807, 2.05) is 6.92 Å². The van der Waals surface area contributed by atoms with Gasteiger partial charge in [0.15, 0.2) is 5.82 Å². The number of rotatable bonds is 8. The van der Waals surface area contributed by atoms with E-state index in [4.69, 9.17) is 0 Å². The molecule has 0 saturated heterocycles. The van der Waals surface area contributed by atoms with Gasteiger partial charge in [-0.15, -0.1) is 0 Å². The van der Waals surface area contributed by atoms with Gasteiger partial charge in [0.1, 0.15) is 0 Å². The molecule has 0 saturated carbocycles. The van der Waals surface area contributed by atoms with Crippen LogP contribution in [0.25, 0.3) is 0 Å². The summed E-state index contributed by atoms with van der Waals surface area (Å²) in [4.78, 5) is 15.3. The Balaban J connectivity index is 2.98. The Morgan fingerprint density at radius 1 is 1.38 bits per heavy atom. The monoisotopic (exact) mass is 317 g/mol. The molecule has 6 nitrogen and oxygen atoms in total. The van der Waals surface area contributed by atoms with Crippen LogP contribution in [-0.4, -0.2) is 43.2 Å². The first kappa shape index (κ1) is 17.5. The van der Waals surface area contributed by atoms with Gasteiger partial charge in [-0.05, 0) is 25.0 Å². The van der Waals surface area contributed by atoms with Crippen LogP contribution in [0.15, 0.2) is 23.4 Å². The fourth-order valence-electron chi connectivity index (χ4n) is 1.70. The van der Waals surface area contributed by atoms with E-state index < -0.39 is 26.8 Å². The number of nitrogens with zero attached hydrogens (tertiary/aromatic N) is 2. The third kappa shape index (κ3) is 4.75. The minimum Gasteiger partial charge on any atom is -0.355 e. The minimum absolute atomic E-state index is 0.123. The average Bonchev–Trinajstić information content (AvgIpc) is 2.45. The van der Waals surface area contributed by atoms with Gasteiger partial charge in [0, 0.05) is 19.3 Å². The first-order valence-corrected chi connectivity index (χ1v) is 8.24. The molecule has 0 aliphatic heterocycles. The maximum atomic E-state index is 13.7. The van der Waals surface area contributed by atoms with E-state index in [1.165, 1.54) is 12.3 Å². The molecule has 1 rings (SSSR count). The van der Waals surface area contributed by atoms with Crippen molar-refractivity contribution in [2.24, 2.45) is 0 Å². The second-order valence-corrected chi connectivity index (χ2v) is 6.33. The Morgan fingerprint density at radius 3 is 2.67 bits per heavy atom. The quantitative estimate of drug-likeness (QED) is 0.780. The normalized spacial score (nSPS) is 11.6. The number of sulfonamides is 1. The van der Waals surface area contributed by atoms with Crippen molar-refractivity contribution in [3.8, 4) is 0 Å². The van der Waals surface area contributed by atoms with Crippen molar-refractivity contribution in [2.45, 2.75) is 31.7 Å². The van der Waals surface area contributed by atoms with E-state index in [-0.39, 0.29) is 13.1 Å². The molecule has 0 aliphatic carbocycles. The predicted molar refractivity (Wildman–Crippen MR) is 76.5 cm³/mol. The lowest BCUT2D eigenvalue weighted by molar-refractivity contribution is -0.121. The van der Waals surface area contributed by atoms with Gasteiger partial charge in [0.2, 0.25) is 10.9 Å². The number of aromatic nitrogens is 1. The highest BCUT2D eigenvalue weighted by Gasteiger charge is 2.29. The standard InChI is InChI=1S/C13H20FN3O3S/c1-3-7-15-12(18)10-17(9-4-2)21(19,20)13-11(14)6-5-8-16-13/h5-6,8H,3-4,7,9-10H2,1-2H3,(H,15,18). The summed E-state index contributed by atoms with van der Waals surface area (Å²) in [6.07, 6.45) is 2.47. The van der Waals surface area contributed by atoms with Gasteiger partial charge >= 0.3 is 0 Å². The third-order valence-corrected chi connectivity index (χ3v) is 4.45. The number of halogens is 1.